The van der Waals surface area contributed by atoms with E-state index in [1.165, 1.54) is 11.8 Å². The van der Waals surface area contributed by atoms with Crippen LogP contribution in [0.3, 0.4) is 0 Å². The molecular formula is C30H29NO4S2. The summed E-state index contributed by atoms with van der Waals surface area (Å²) >= 11 is 0. The highest BCUT2D eigenvalue weighted by Gasteiger charge is 2.37. The van der Waals surface area contributed by atoms with Gasteiger partial charge < -0.3 is 0 Å². The Hall–Kier alpha value is -3.26. The van der Waals surface area contributed by atoms with Crippen molar-refractivity contribution in [3.63, 3.8) is 0 Å². The van der Waals surface area contributed by atoms with Crippen molar-refractivity contribution in [3.05, 3.63) is 120 Å². The van der Waals surface area contributed by atoms with E-state index in [2.05, 4.69) is 18.2 Å². The van der Waals surface area contributed by atoms with Crippen LogP contribution in [0.25, 0.3) is 11.1 Å². The molecule has 5 rings (SSSR count). The molecule has 1 aliphatic heterocycles. The normalized spacial score (nSPS) is 18.9. The average molecular weight is 532 g/mol. The molecule has 0 bridgehead atoms. The van der Waals surface area contributed by atoms with Crippen LogP contribution in [0.2, 0.25) is 0 Å². The van der Waals surface area contributed by atoms with Crippen molar-refractivity contribution in [2.24, 2.45) is 0 Å². The van der Waals surface area contributed by atoms with Crippen LogP contribution in [0.15, 0.2) is 119 Å². The summed E-state index contributed by atoms with van der Waals surface area (Å²) in [6, 6.07) is 33.8. The van der Waals surface area contributed by atoms with Gasteiger partial charge in [-0.25, -0.2) is 16.8 Å². The van der Waals surface area contributed by atoms with Crippen LogP contribution in [0.5, 0.6) is 0 Å². The first-order chi connectivity index (χ1) is 17.7. The molecule has 1 aliphatic rings. The monoisotopic (exact) mass is 531 g/mol. The van der Waals surface area contributed by atoms with E-state index in [4.69, 9.17) is 0 Å². The third kappa shape index (κ3) is 5.39. The van der Waals surface area contributed by atoms with Gasteiger partial charge in [-0.05, 0) is 58.9 Å². The average Bonchev–Trinajstić information content (AvgIpc) is 2.93. The standard InChI is InChI=1S/C30H29NO4S2/c1-36(32,33)28-17-9-13-25(21-28)24-12-8-14-26(20-24)30-22-31(37(34,35)27-15-6-3-7-16-27)19-18-29(30)23-10-4-2-5-11-23/h2-17,20-21,29-30H,18-19,22H2,1H3/t29-,30-/m1/s1. The van der Waals surface area contributed by atoms with Crippen molar-refractivity contribution >= 4 is 19.9 Å². The Morgan fingerprint density at radius 2 is 1.19 bits per heavy atom. The molecule has 0 aliphatic carbocycles. The highest BCUT2D eigenvalue weighted by atomic mass is 32.2. The lowest BCUT2D eigenvalue weighted by molar-refractivity contribution is 0.285. The molecule has 0 spiro atoms. The van der Waals surface area contributed by atoms with Crippen LogP contribution in [0.1, 0.15) is 29.4 Å². The van der Waals surface area contributed by atoms with Gasteiger partial charge in [0.2, 0.25) is 10.0 Å². The molecule has 0 aromatic heterocycles. The molecule has 2 atom stereocenters. The summed E-state index contributed by atoms with van der Waals surface area (Å²) in [5.41, 5.74) is 3.93. The molecule has 4 aromatic rings. The maximum atomic E-state index is 13.5. The van der Waals surface area contributed by atoms with Gasteiger partial charge in [0.1, 0.15) is 0 Å². The van der Waals surface area contributed by atoms with E-state index < -0.39 is 19.9 Å². The van der Waals surface area contributed by atoms with Gasteiger partial charge >= 0.3 is 0 Å². The second-order valence-corrected chi connectivity index (χ2v) is 13.5. The third-order valence-electron chi connectivity index (χ3n) is 7.09. The van der Waals surface area contributed by atoms with Gasteiger partial charge in [0, 0.05) is 25.3 Å². The highest BCUT2D eigenvalue weighted by Crippen LogP contribution is 2.42. The lowest BCUT2D eigenvalue weighted by Crippen LogP contribution is -2.42. The summed E-state index contributed by atoms with van der Waals surface area (Å²) in [6.07, 6.45) is 1.91. The van der Waals surface area contributed by atoms with Crippen molar-refractivity contribution in [2.45, 2.75) is 28.0 Å². The molecule has 0 N–H and O–H groups in total. The summed E-state index contributed by atoms with van der Waals surface area (Å²) < 4.78 is 52.8. The van der Waals surface area contributed by atoms with Crippen LogP contribution in [0, 0.1) is 0 Å². The number of hydrogen-bond donors (Lipinski definition) is 0. The molecule has 5 nitrogen and oxygen atoms in total. The summed E-state index contributed by atoms with van der Waals surface area (Å²) in [5, 5.41) is 0. The van der Waals surface area contributed by atoms with Gasteiger partial charge in [-0.1, -0.05) is 84.9 Å². The molecule has 0 saturated carbocycles. The zero-order valence-electron chi connectivity index (χ0n) is 20.6. The maximum absolute atomic E-state index is 13.5. The van der Waals surface area contributed by atoms with E-state index in [0.29, 0.717) is 24.4 Å². The first-order valence-corrected chi connectivity index (χ1v) is 15.6. The predicted octanol–water partition coefficient (Wildman–Crippen LogP) is 5.72. The van der Waals surface area contributed by atoms with E-state index in [9.17, 15) is 16.8 Å². The zero-order chi connectivity index (χ0) is 26.0. The second-order valence-electron chi connectivity index (χ2n) is 9.51. The number of sulfone groups is 1. The Bertz CT molecular complexity index is 1600. The number of piperidine rings is 1. The van der Waals surface area contributed by atoms with Gasteiger partial charge in [0.15, 0.2) is 9.84 Å². The molecular weight excluding hydrogens is 502 g/mol. The first-order valence-electron chi connectivity index (χ1n) is 12.2. The Balaban J connectivity index is 1.55. The van der Waals surface area contributed by atoms with Crippen molar-refractivity contribution in [1.82, 2.24) is 4.31 Å². The summed E-state index contributed by atoms with van der Waals surface area (Å²) in [4.78, 5) is 0.577. The second kappa shape index (κ2) is 10.2. The fourth-order valence-electron chi connectivity index (χ4n) is 5.17. The quantitative estimate of drug-likeness (QED) is 0.319. The van der Waals surface area contributed by atoms with Crippen molar-refractivity contribution in [2.75, 3.05) is 19.3 Å². The van der Waals surface area contributed by atoms with E-state index in [1.807, 2.05) is 48.5 Å². The fourth-order valence-corrected chi connectivity index (χ4v) is 7.34. The number of hydrogen-bond acceptors (Lipinski definition) is 4. The van der Waals surface area contributed by atoms with E-state index in [-0.39, 0.29) is 16.7 Å². The molecule has 1 fully saturated rings. The minimum absolute atomic E-state index is 0.0623. The molecule has 4 aromatic carbocycles. The topological polar surface area (TPSA) is 71.5 Å². The minimum atomic E-state index is -3.63. The van der Waals surface area contributed by atoms with Crippen molar-refractivity contribution < 1.29 is 16.8 Å². The fraction of sp³-hybridized carbons (Fsp3) is 0.200. The lowest BCUT2D eigenvalue weighted by atomic mass is 9.77. The molecule has 0 radical (unpaired) electrons. The first kappa shape index (κ1) is 25.4. The summed E-state index contributed by atoms with van der Waals surface area (Å²) in [6.45, 7) is 0.813. The van der Waals surface area contributed by atoms with E-state index >= 15 is 0 Å². The molecule has 7 heteroatoms. The van der Waals surface area contributed by atoms with Gasteiger partial charge in [0.25, 0.3) is 0 Å². The van der Waals surface area contributed by atoms with Crippen LogP contribution in [-0.2, 0) is 19.9 Å². The minimum Gasteiger partial charge on any atom is -0.224 e. The van der Waals surface area contributed by atoms with Gasteiger partial charge in [0.05, 0.1) is 9.79 Å². The molecule has 37 heavy (non-hydrogen) atoms. The van der Waals surface area contributed by atoms with Crippen LogP contribution in [-0.4, -0.2) is 40.5 Å². The van der Waals surface area contributed by atoms with Crippen LogP contribution >= 0.6 is 0 Å². The molecule has 190 valence electrons. The van der Waals surface area contributed by atoms with Gasteiger partial charge in [-0.3, -0.25) is 0 Å². The Morgan fingerprint density at radius 1 is 0.622 bits per heavy atom. The van der Waals surface area contributed by atoms with E-state index in [1.54, 1.807) is 46.8 Å². The van der Waals surface area contributed by atoms with Crippen LogP contribution < -0.4 is 0 Å². The number of rotatable bonds is 6. The van der Waals surface area contributed by atoms with Crippen molar-refractivity contribution in [1.29, 1.82) is 0 Å². The third-order valence-corrected chi connectivity index (χ3v) is 10.1. The molecule has 0 unspecified atom stereocenters. The summed E-state index contributed by atoms with van der Waals surface area (Å²) in [5.74, 6) is 0.0914. The largest absolute Gasteiger partial charge is 0.243 e. The zero-order valence-corrected chi connectivity index (χ0v) is 22.2. The Labute approximate surface area is 219 Å². The predicted molar refractivity (Wildman–Crippen MR) is 147 cm³/mol. The number of benzene rings is 4. The number of sulfonamides is 1. The van der Waals surface area contributed by atoms with Crippen LogP contribution in [0.4, 0.5) is 0 Å². The smallest absolute Gasteiger partial charge is 0.224 e. The molecule has 1 saturated heterocycles. The Kier molecular flexibility index (Phi) is 7.03. The number of nitrogens with zero attached hydrogens (tertiary/aromatic N) is 1. The maximum Gasteiger partial charge on any atom is 0.243 e. The molecule has 0 amide bonds. The molecule has 1 heterocycles. The van der Waals surface area contributed by atoms with Crippen molar-refractivity contribution in [3.8, 4) is 11.1 Å². The highest BCUT2D eigenvalue weighted by molar-refractivity contribution is 7.90. The Morgan fingerprint density at radius 3 is 1.86 bits per heavy atom. The van der Waals surface area contributed by atoms with Gasteiger partial charge in [-0.15, -0.1) is 0 Å². The lowest BCUT2D eigenvalue weighted by Gasteiger charge is -2.38. The SMILES string of the molecule is CS(=O)(=O)c1cccc(-c2cccc([C@H]3CN(S(=O)(=O)c4ccccc4)CC[C@@H]3c3ccccc3)c2)c1. The van der Waals surface area contributed by atoms with E-state index in [0.717, 1.165) is 16.7 Å². The summed E-state index contributed by atoms with van der Waals surface area (Å²) in [7, 11) is -6.96. The van der Waals surface area contributed by atoms with Gasteiger partial charge in [-0.2, -0.15) is 4.31 Å².